The zero-order valence-electron chi connectivity index (χ0n) is 10.6. The Morgan fingerprint density at radius 2 is 1.68 bits per heavy atom. The molecule has 0 fully saturated rings. The van der Waals surface area contributed by atoms with Gasteiger partial charge in [-0.2, -0.15) is 0 Å². The number of hydrogen-bond donors (Lipinski definition) is 1. The van der Waals surface area contributed by atoms with Gasteiger partial charge in [-0.15, -0.1) is 0 Å². The number of rotatable bonds is 5. The summed E-state index contributed by atoms with van der Waals surface area (Å²) in [7, 11) is 0. The molecule has 2 aromatic carbocycles. The van der Waals surface area contributed by atoms with Crippen LogP contribution in [0.15, 0.2) is 54.6 Å². The van der Waals surface area contributed by atoms with Crippen molar-refractivity contribution in [3.63, 3.8) is 0 Å². The summed E-state index contributed by atoms with van der Waals surface area (Å²) in [5.41, 5.74) is 1.10. The normalized spacial score (nSPS) is 10.1. The molecule has 0 aliphatic heterocycles. The maximum absolute atomic E-state index is 11.6. The van der Waals surface area contributed by atoms with Gasteiger partial charge < -0.3 is 9.84 Å². The summed E-state index contributed by atoms with van der Waals surface area (Å²) in [6.07, 6.45) is 1.91. The summed E-state index contributed by atoms with van der Waals surface area (Å²) >= 11 is 0. The molecule has 0 amide bonds. The highest BCUT2D eigenvalue weighted by Crippen LogP contribution is 2.13. The first-order chi connectivity index (χ1) is 9.24. The molecule has 0 atom stereocenters. The van der Waals surface area contributed by atoms with Crippen LogP contribution in [0.5, 0.6) is 11.5 Å². The van der Waals surface area contributed by atoms with Gasteiger partial charge in [-0.05, 0) is 42.7 Å². The van der Waals surface area contributed by atoms with Crippen molar-refractivity contribution in [2.24, 2.45) is 0 Å². The first kappa shape index (κ1) is 13.1. The van der Waals surface area contributed by atoms with Crippen LogP contribution in [0.1, 0.15) is 18.4 Å². The predicted molar refractivity (Wildman–Crippen MR) is 73.1 cm³/mol. The Bertz CT molecular complexity index is 517. The number of benzene rings is 2. The van der Waals surface area contributed by atoms with Crippen LogP contribution in [0.25, 0.3) is 0 Å². The van der Waals surface area contributed by atoms with Gasteiger partial charge >= 0.3 is 5.97 Å². The maximum Gasteiger partial charge on any atom is 0.311 e. The second-order valence-corrected chi connectivity index (χ2v) is 4.31. The van der Waals surface area contributed by atoms with E-state index in [2.05, 4.69) is 0 Å². The van der Waals surface area contributed by atoms with Gasteiger partial charge in [0.25, 0.3) is 0 Å². The fraction of sp³-hybridized carbons (Fsp3) is 0.188. The van der Waals surface area contributed by atoms with Crippen LogP contribution >= 0.6 is 0 Å². The van der Waals surface area contributed by atoms with Gasteiger partial charge in [-0.1, -0.05) is 30.3 Å². The molecule has 0 unspecified atom stereocenters. The molecule has 98 valence electrons. The molecule has 1 N–H and O–H groups in total. The molecule has 0 bridgehead atoms. The summed E-state index contributed by atoms with van der Waals surface area (Å²) in [5, 5.41) is 9.16. The summed E-state index contributed by atoms with van der Waals surface area (Å²) in [5.74, 6) is 0.620. The Morgan fingerprint density at radius 1 is 1.00 bits per heavy atom. The lowest BCUT2D eigenvalue weighted by atomic mass is 10.1. The van der Waals surface area contributed by atoms with Crippen LogP contribution in [-0.2, 0) is 11.2 Å². The average molecular weight is 256 g/mol. The van der Waals surface area contributed by atoms with Crippen molar-refractivity contribution in [1.82, 2.24) is 0 Å². The Kier molecular flexibility index (Phi) is 4.56. The van der Waals surface area contributed by atoms with E-state index in [1.165, 1.54) is 0 Å². The van der Waals surface area contributed by atoms with Gasteiger partial charge in [0.2, 0.25) is 0 Å². The van der Waals surface area contributed by atoms with E-state index in [0.29, 0.717) is 12.2 Å². The SMILES string of the molecule is O=C(CCCc1ccc(O)cc1)Oc1ccccc1. The van der Waals surface area contributed by atoms with Crippen molar-refractivity contribution in [1.29, 1.82) is 0 Å². The van der Waals surface area contributed by atoms with Crippen molar-refractivity contribution >= 4 is 5.97 Å². The molecule has 3 nitrogen and oxygen atoms in total. The topological polar surface area (TPSA) is 46.5 Å². The Balaban J connectivity index is 1.74. The van der Waals surface area contributed by atoms with E-state index in [-0.39, 0.29) is 11.7 Å². The number of carbonyl (C=O) groups is 1. The number of aryl methyl sites for hydroxylation is 1. The number of phenolic OH excluding ortho intramolecular Hbond substituents is 1. The second kappa shape index (κ2) is 6.59. The van der Waals surface area contributed by atoms with Crippen molar-refractivity contribution in [2.75, 3.05) is 0 Å². The quantitative estimate of drug-likeness (QED) is 0.659. The molecule has 2 rings (SSSR count). The van der Waals surface area contributed by atoms with E-state index in [1.54, 1.807) is 24.3 Å². The minimum Gasteiger partial charge on any atom is -0.508 e. The van der Waals surface area contributed by atoms with Gasteiger partial charge in [-0.25, -0.2) is 0 Å². The predicted octanol–water partition coefficient (Wildman–Crippen LogP) is 3.32. The minimum absolute atomic E-state index is 0.218. The second-order valence-electron chi connectivity index (χ2n) is 4.31. The molecule has 0 saturated heterocycles. The van der Waals surface area contributed by atoms with Crippen molar-refractivity contribution < 1.29 is 14.6 Å². The smallest absolute Gasteiger partial charge is 0.311 e. The monoisotopic (exact) mass is 256 g/mol. The van der Waals surface area contributed by atoms with E-state index in [9.17, 15) is 4.79 Å². The van der Waals surface area contributed by atoms with E-state index in [0.717, 1.165) is 18.4 Å². The number of para-hydroxylation sites is 1. The fourth-order valence-electron chi connectivity index (χ4n) is 1.77. The molecular formula is C16H16O3. The Morgan fingerprint density at radius 3 is 2.37 bits per heavy atom. The maximum atomic E-state index is 11.6. The molecule has 19 heavy (non-hydrogen) atoms. The largest absolute Gasteiger partial charge is 0.508 e. The highest BCUT2D eigenvalue weighted by molar-refractivity contribution is 5.72. The first-order valence-corrected chi connectivity index (χ1v) is 6.28. The van der Waals surface area contributed by atoms with Crippen molar-refractivity contribution in [3.8, 4) is 11.5 Å². The number of esters is 1. The van der Waals surface area contributed by atoms with Crippen LogP contribution in [0.4, 0.5) is 0 Å². The molecule has 3 heteroatoms. The van der Waals surface area contributed by atoms with Crippen molar-refractivity contribution in [3.05, 3.63) is 60.2 Å². The number of aromatic hydroxyl groups is 1. The number of carbonyl (C=O) groups excluding carboxylic acids is 1. The molecule has 0 aromatic heterocycles. The average Bonchev–Trinajstić information content (AvgIpc) is 2.42. The molecule has 0 spiro atoms. The van der Waals surface area contributed by atoms with Gasteiger partial charge in [0.15, 0.2) is 0 Å². The molecule has 0 radical (unpaired) electrons. The lowest BCUT2D eigenvalue weighted by molar-refractivity contribution is -0.134. The lowest BCUT2D eigenvalue weighted by Gasteiger charge is -2.04. The highest BCUT2D eigenvalue weighted by Gasteiger charge is 2.04. The Labute approximate surface area is 112 Å². The molecule has 0 saturated carbocycles. The summed E-state index contributed by atoms with van der Waals surface area (Å²) < 4.78 is 5.19. The molecule has 0 heterocycles. The number of hydrogen-bond acceptors (Lipinski definition) is 3. The summed E-state index contributed by atoms with van der Waals surface area (Å²) in [6, 6.07) is 16.1. The van der Waals surface area contributed by atoms with E-state index in [4.69, 9.17) is 9.84 Å². The summed E-state index contributed by atoms with van der Waals surface area (Å²) in [4.78, 5) is 11.6. The number of phenols is 1. The van der Waals surface area contributed by atoms with Crippen molar-refractivity contribution in [2.45, 2.75) is 19.3 Å². The van der Waals surface area contributed by atoms with Gasteiger partial charge in [0.1, 0.15) is 11.5 Å². The third kappa shape index (κ3) is 4.47. The Hall–Kier alpha value is -2.29. The third-order valence-corrected chi connectivity index (χ3v) is 2.76. The molecular weight excluding hydrogens is 240 g/mol. The lowest BCUT2D eigenvalue weighted by Crippen LogP contribution is -2.07. The zero-order chi connectivity index (χ0) is 13.5. The van der Waals surface area contributed by atoms with Crippen LogP contribution in [0, 0.1) is 0 Å². The zero-order valence-corrected chi connectivity index (χ0v) is 10.6. The van der Waals surface area contributed by atoms with Crippen LogP contribution < -0.4 is 4.74 Å². The van der Waals surface area contributed by atoms with Gasteiger partial charge in [0.05, 0.1) is 0 Å². The highest BCUT2D eigenvalue weighted by atomic mass is 16.5. The minimum atomic E-state index is -0.218. The standard InChI is InChI=1S/C16H16O3/c17-14-11-9-13(10-12-14)5-4-8-16(18)19-15-6-2-1-3-7-15/h1-3,6-7,9-12,17H,4-5,8H2. The summed E-state index contributed by atoms with van der Waals surface area (Å²) in [6.45, 7) is 0. The van der Waals surface area contributed by atoms with Gasteiger partial charge in [0, 0.05) is 6.42 Å². The van der Waals surface area contributed by atoms with E-state index >= 15 is 0 Å². The van der Waals surface area contributed by atoms with E-state index in [1.807, 2.05) is 30.3 Å². The fourth-order valence-corrected chi connectivity index (χ4v) is 1.77. The molecule has 2 aromatic rings. The van der Waals surface area contributed by atoms with Crippen LogP contribution in [0.2, 0.25) is 0 Å². The third-order valence-electron chi connectivity index (χ3n) is 2.76. The first-order valence-electron chi connectivity index (χ1n) is 6.28. The van der Waals surface area contributed by atoms with Crippen LogP contribution in [-0.4, -0.2) is 11.1 Å². The molecule has 0 aliphatic carbocycles. The van der Waals surface area contributed by atoms with Crippen LogP contribution in [0.3, 0.4) is 0 Å². The van der Waals surface area contributed by atoms with Gasteiger partial charge in [-0.3, -0.25) is 4.79 Å². The number of ether oxygens (including phenoxy) is 1. The molecule has 0 aliphatic rings. The van der Waals surface area contributed by atoms with E-state index < -0.39 is 0 Å².